The minimum Gasteiger partial charge on any atom is -0.393 e. The second-order valence-corrected chi connectivity index (χ2v) is 7.44. The van der Waals surface area contributed by atoms with E-state index in [9.17, 15) is 8.42 Å². The van der Waals surface area contributed by atoms with Crippen LogP contribution >= 0.6 is 28.1 Å². The largest absolute Gasteiger partial charge is 0.393 e. The molecule has 0 saturated heterocycles. The zero-order valence-corrected chi connectivity index (χ0v) is 13.3. The summed E-state index contributed by atoms with van der Waals surface area (Å²) in [6.45, 7) is 1.77. The lowest BCUT2D eigenvalue weighted by atomic mass is 10.2. The first-order chi connectivity index (χ1) is 8.25. The summed E-state index contributed by atoms with van der Waals surface area (Å²) in [4.78, 5) is 0.549. The zero-order valence-electron chi connectivity index (χ0n) is 10.1. The van der Waals surface area contributed by atoms with Crippen LogP contribution in [0, 0.1) is 0 Å². The molecular formula is C11H15BrN2O2S2. The standard InChI is InChI=1S/C11H15BrN2O2S2/c1-8(6-11(13)17)14(2)18(15,16)10-5-3-4-9(12)7-10/h3-5,7-8H,6H2,1-2H3,(H2,13,17). The van der Waals surface area contributed by atoms with Crippen molar-refractivity contribution in [3.05, 3.63) is 28.7 Å². The van der Waals surface area contributed by atoms with Gasteiger partial charge in [0, 0.05) is 24.0 Å². The van der Waals surface area contributed by atoms with E-state index in [1.807, 2.05) is 0 Å². The van der Waals surface area contributed by atoms with Crippen molar-refractivity contribution in [2.75, 3.05) is 7.05 Å². The van der Waals surface area contributed by atoms with E-state index in [2.05, 4.69) is 15.9 Å². The van der Waals surface area contributed by atoms with Gasteiger partial charge in [0.1, 0.15) is 0 Å². The van der Waals surface area contributed by atoms with Crippen LogP contribution in [0.15, 0.2) is 33.6 Å². The van der Waals surface area contributed by atoms with Crippen molar-refractivity contribution in [2.45, 2.75) is 24.3 Å². The molecule has 100 valence electrons. The van der Waals surface area contributed by atoms with Crippen molar-refractivity contribution in [3.8, 4) is 0 Å². The molecule has 0 aliphatic carbocycles. The van der Waals surface area contributed by atoms with Crippen molar-refractivity contribution < 1.29 is 8.42 Å². The van der Waals surface area contributed by atoms with Gasteiger partial charge in [-0.25, -0.2) is 8.42 Å². The Morgan fingerprint density at radius 3 is 2.67 bits per heavy atom. The number of sulfonamides is 1. The molecule has 4 nitrogen and oxygen atoms in total. The maximum absolute atomic E-state index is 12.3. The van der Waals surface area contributed by atoms with E-state index >= 15 is 0 Å². The summed E-state index contributed by atoms with van der Waals surface area (Å²) in [6.07, 6.45) is 0.360. The van der Waals surface area contributed by atoms with E-state index in [1.165, 1.54) is 11.4 Å². The van der Waals surface area contributed by atoms with Gasteiger partial charge in [0.25, 0.3) is 0 Å². The molecule has 7 heteroatoms. The third kappa shape index (κ3) is 3.74. The minimum atomic E-state index is -3.52. The molecule has 0 radical (unpaired) electrons. The molecule has 1 aromatic carbocycles. The topological polar surface area (TPSA) is 63.4 Å². The highest BCUT2D eigenvalue weighted by atomic mass is 79.9. The summed E-state index contributed by atoms with van der Waals surface area (Å²) in [6, 6.07) is 6.32. The van der Waals surface area contributed by atoms with Gasteiger partial charge in [-0.1, -0.05) is 34.2 Å². The van der Waals surface area contributed by atoms with Gasteiger partial charge in [0.05, 0.1) is 9.88 Å². The molecule has 0 amide bonds. The van der Waals surface area contributed by atoms with E-state index in [4.69, 9.17) is 18.0 Å². The van der Waals surface area contributed by atoms with E-state index in [0.717, 1.165) is 4.47 Å². The lowest BCUT2D eigenvalue weighted by Gasteiger charge is -2.24. The molecule has 0 fully saturated rings. The van der Waals surface area contributed by atoms with Gasteiger partial charge in [-0.2, -0.15) is 4.31 Å². The maximum Gasteiger partial charge on any atom is 0.243 e. The van der Waals surface area contributed by atoms with Gasteiger partial charge in [0.2, 0.25) is 10.0 Å². The molecule has 0 aliphatic heterocycles. The SMILES string of the molecule is CC(CC(N)=S)N(C)S(=O)(=O)c1cccc(Br)c1. The fourth-order valence-electron chi connectivity index (χ4n) is 1.45. The predicted molar refractivity (Wildman–Crippen MR) is 80.0 cm³/mol. The van der Waals surface area contributed by atoms with Gasteiger partial charge in [0.15, 0.2) is 0 Å². The molecule has 0 aliphatic rings. The molecule has 1 rings (SSSR count). The van der Waals surface area contributed by atoms with Crippen LogP contribution in [0.3, 0.4) is 0 Å². The van der Waals surface area contributed by atoms with Crippen molar-refractivity contribution in [1.29, 1.82) is 0 Å². The summed E-state index contributed by atoms with van der Waals surface area (Å²) in [5.74, 6) is 0. The van der Waals surface area contributed by atoms with Crippen LogP contribution in [-0.2, 0) is 10.0 Å². The molecule has 0 heterocycles. The number of rotatable bonds is 5. The summed E-state index contributed by atoms with van der Waals surface area (Å²) >= 11 is 8.06. The van der Waals surface area contributed by atoms with Gasteiger partial charge in [-0.15, -0.1) is 0 Å². The Kier molecular flexibility index (Phi) is 5.27. The van der Waals surface area contributed by atoms with E-state index in [0.29, 0.717) is 11.4 Å². The first kappa shape index (κ1) is 15.6. The number of hydrogen-bond donors (Lipinski definition) is 1. The molecule has 0 spiro atoms. The molecule has 2 N–H and O–H groups in total. The van der Waals surface area contributed by atoms with Crippen LogP contribution in [0.2, 0.25) is 0 Å². The van der Waals surface area contributed by atoms with Gasteiger partial charge in [-0.3, -0.25) is 0 Å². The lowest BCUT2D eigenvalue weighted by Crippen LogP contribution is -2.37. The van der Waals surface area contributed by atoms with Crippen LogP contribution in [0.5, 0.6) is 0 Å². The maximum atomic E-state index is 12.3. The Labute approximate surface area is 121 Å². The second kappa shape index (κ2) is 6.10. The molecule has 1 unspecified atom stereocenters. The molecule has 1 aromatic rings. The molecular weight excluding hydrogens is 336 g/mol. The molecule has 0 saturated carbocycles. The fourth-order valence-corrected chi connectivity index (χ4v) is 3.65. The first-order valence-corrected chi connectivity index (χ1v) is 7.91. The average molecular weight is 351 g/mol. The summed E-state index contributed by atoms with van der Waals surface area (Å²) in [5.41, 5.74) is 5.44. The Balaban J connectivity index is 3.03. The van der Waals surface area contributed by atoms with Gasteiger partial charge >= 0.3 is 0 Å². The Morgan fingerprint density at radius 1 is 1.56 bits per heavy atom. The molecule has 18 heavy (non-hydrogen) atoms. The van der Waals surface area contributed by atoms with Crippen LogP contribution in [0.1, 0.15) is 13.3 Å². The summed E-state index contributed by atoms with van der Waals surface area (Å²) in [7, 11) is -1.99. The second-order valence-electron chi connectivity index (χ2n) is 4.00. The third-order valence-corrected chi connectivity index (χ3v) is 5.22. The van der Waals surface area contributed by atoms with Gasteiger partial charge in [-0.05, 0) is 25.1 Å². The monoisotopic (exact) mass is 350 g/mol. The summed E-state index contributed by atoms with van der Waals surface area (Å²) in [5, 5.41) is 0. The molecule has 1 atom stereocenters. The van der Waals surface area contributed by atoms with Crippen LogP contribution in [0.25, 0.3) is 0 Å². The molecule has 0 bridgehead atoms. The number of benzene rings is 1. The van der Waals surface area contributed by atoms with Gasteiger partial charge < -0.3 is 5.73 Å². The number of nitrogens with zero attached hydrogens (tertiary/aromatic N) is 1. The van der Waals surface area contributed by atoms with Crippen molar-refractivity contribution >= 4 is 43.2 Å². The number of nitrogens with two attached hydrogens (primary N) is 1. The first-order valence-electron chi connectivity index (χ1n) is 5.27. The smallest absolute Gasteiger partial charge is 0.243 e. The van der Waals surface area contributed by atoms with Crippen molar-refractivity contribution in [2.24, 2.45) is 5.73 Å². The number of thiocarbonyl (C=S) groups is 1. The highest BCUT2D eigenvalue weighted by Gasteiger charge is 2.25. The van der Waals surface area contributed by atoms with Crippen LogP contribution in [0.4, 0.5) is 0 Å². The summed E-state index contributed by atoms with van der Waals surface area (Å²) < 4.78 is 26.7. The Morgan fingerprint density at radius 2 is 2.17 bits per heavy atom. The highest BCUT2D eigenvalue weighted by molar-refractivity contribution is 9.10. The van der Waals surface area contributed by atoms with Crippen molar-refractivity contribution in [3.63, 3.8) is 0 Å². The lowest BCUT2D eigenvalue weighted by molar-refractivity contribution is 0.397. The zero-order chi connectivity index (χ0) is 13.9. The molecule has 0 aromatic heterocycles. The predicted octanol–water partition coefficient (Wildman–Crippen LogP) is 2.13. The highest BCUT2D eigenvalue weighted by Crippen LogP contribution is 2.21. The normalized spacial score (nSPS) is 13.6. The van der Waals surface area contributed by atoms with Crippen LogP contribution < -0.4 is 5.73 Å². The Bertz CT molecular complexity index is 546. The van der Waals surface area contributed by atoms with E-state index in [1.54, 1.807) is 31.2 Å². The van der Waals surface area contributed by atoms with Crippen molar-refractivity contribution in [1.82, 2.24) is 4.31 Å². The van der Waals surface area contributed by atoms with Crippen LogP contribution in [-0.4, -0.2) is 30.8 Å². The third-order valence-electron chi connectivity index (χ3n) is 2.59. The Hall–Kier alpha value is -0.500. The van der Waals surface area contributed by atoms with E-state index in [-0.39, 0.29) is 10.9 Å². The minimum absolute atomic E-state index is 0.245. The number of halogens is 1. The van der Waals surface area contributed by atoms with E-state index < -0.39 is 10.0 Å². The quantitative estimate of drug-likeness (QED) is 0.826. The average Bonchev–Trinajstić information content (AvgIpc) is 2.27. The number of hydrogen-bond acceptors (Lipinski definition) is 3. The fraction of sp³-hybridized carbons (Fsp3) is 0.364.